The second kappa shape index (κ2) is 5.92. The van der Waals surface area contributed by atoms with Gasteiger partial charge in [-0.05, 0) is 32.9 Å². The molecule has 0 heterocycles. The summed E-state index contributed by atoms with van der Waals surface area (Å²) in [6.45, 7) is 1.91. The van der Waals surface area contributed by atoms with E-state index in [4.69, 9.17) is 5.73 Å². The summed E-state index contributed by atoms with van der Waals surface area (Å²) in [5, 5.41) is 3.02. The number of benzene rings is 1. The maximum absolute atomic E-state index is 13.5. The van der Waals surface area contributed by atoms with Crippen LogP contribution in [0.5, 0.6) is 0 Å². The lowest BCUT2D eigenvalue weighted by Crippen LogP contribution is -2.22. The topological polar surface area (TPSA) is 38.0 Å². The Bertz CT molecular complexity index is 340. The summed E-state index contributed by atoms with van der Waals surface area (Å²) in [5.41, 5.74) is 6.14. The van der Waals surface area contributed by atoms with Gasteiger partial charge in [-0.3, -0.25) is 0 Å². The Hall–Kier alpha value is -1.00. The minimum Gasteiger partial charge on any atom is -0.328 e. The summed E-state index contributed by atoms with van der Waals surface area (Å²) in [7, 11) is 1.76. The van der Waals surface area contributed by atoms with E-state index >= 15 is 0 Å². The van der Waals surface area contributed by atoms with E-state index in [-0.39, 0.29) is 12.1 Å². The molecule has 1 rings (SSSR count). The lowest BCUT2D eigenvalue weighted by molar-refractivity contribution is 0.470. The molecule has 0 amide bonds. The molecule has 0 spiro atoms. The normalized spacial score (nSPS) is 14.8. The van der Waals surface area contributed by atoms with Crippen molar-refractivity contribution in [2.24, 2.45) is 5.73 Å². The highest BCUT2D eigenvalue weighted by atomic mass is 19.1. The highest BCUT2D eigenvalue weighted by molar-refractivity contribution is 5.22. The lowest BCUT2D eigenvalue weighted by atomic mass is 9.99. The van der Waals surface area contributed by atoms with Gasteiger partial charge in [-0.2, -0.15) is 0 Å². The molecule has 3 N–H and O–H groups in total. The Morgan fingerprint density at radius 3 is 2.50 bits per heavy atom. The summed E-state index contributed by atoms with van der Waals surface area (Å²) < 4.78 is 26.2. The van der Waals surface area contributed by atoms with Crippen LogP contribution in [0.3, 0.4) is 0 Å². The van der Waals surface area contributed by atoms with Crippen molar-refractivity contribution < 1.29 is 8.78 Å². The Labute approximate surface area is 94.8 Å². The predicted molar refractivity (Wildman–Crippen MR) is 61.0 cm³/mol. The van der Waals surface area contributed by atoms with Gasteiger partial charge in [-0.25, -0.2) is 8.78 Å². The second-order valence-electron chi connectivity index (χ2n) is 4.06. The van der Waals surface area contributed by atoms with Gasteiger partial charge in [-0.1, -0.05) is 6.07 Å². The lowest BCUT2D eigenvalue weighted by Gasteiger charge is -2.18. The molecule has 0 saturated carbocycles. The van der Waals surface area contributed by atoms with Crippen molar-refractivity contribution in [1.29, 1.82) is 0 Å². The van der Waals surface area contributed by atoms with E-state index in [1.165, 1.54) is 12.1 Å². The van der Waals surface area contributed by atoms with Crippen LogP contribution in [0, 0.1) is 11.6 Å². The van der Waals surface area contributed by atoms with Crippen LogP contribution < -0.4 is 11.1 Å². The van der Waals surface area contributed by atoms with Crippen molar-refractivity contribution in [2.45, 2.75) is 31.8 Å². The molecule has 16 heavy (non-hydrogen) atoms. The fraction of sp³-hybridized carbons (Fsp3) is 0.500. The average molecular weight is 228 g/mol. The fourth-order valence-corrected chi connectivity index (χ4v) is 1.67. The largest absolute Gasteiger partial charge is 0.328 e. The van der Waals surface area contributed by atoms with Gasteiger partial charge in [0.25, 0.3) is 0 Å². The number of nitrogens with one attached hydrogen (secondary N) is 1. The van der Waals surface area contributed by atoms with Crippen LogP contribution in [-0.4, -0.2) is 13.1 Å². The van der Waals surface area contributed by atoms with E-state index in [1.54, 1.807) is 7.05 Å². The molecule has 0 radical (unpaired) electrons. The summed E-state index contributed by atoms with van der Waals surface area (Å²) in [4.78, 5) is 0. The molecule has 0 bridgehead atoms. The van der Waals surface area contributed by atoms with Gasteiger partial charge in [0.05, 0.1) is 0 Å². The van der Waals surface area contributed by atoms with Gasteiger partial charge in [0.1, 0.15) is 11.6 Å². The van der Waals surface area contributed by atoms with Gasteiger partial charge in [-0.15, -0.1) is 0 Å². The zero-order valence-electron chi connectivity index (χ0n) is 9.63. The molecule has 1 aromatic rings. The van der Waals surface area contributed by atoms with E-state index in [9.17, 15) is 8.78 Å². The zero-order chi connectivity index (χ0) is 12.1. The highest BCUT2D eigenvalue weighted by Gasteiger charge is 2.14. The Morgan fingerprint density at radius 2 is 2.00 bits per heavy atom. The Kier molecular flexibility index (Phi) is 4.83. The monoisotopic (exact) mass is 228 g/mol. The van der Waals surface area contributed by atoms with E-state index < -0.39 is 11.6 Å². The first kappa shape index (κ1) is 13.1. The van der Waals surface area contributed by atoms with Gasteiger partial charge < -0.3 is 11.1 Å². The van der Waals surface area contributed by atoms with Crippen LogP contribution in [0.4, 0.5) is 8.78 Å². The van der Waals surface area contributed by atoms with E-state index in [0.717, 1.165) is 18.9 Å². The standard InChI is InChI=1S/C12H18F2N2/c1-8(15)3-6-12(16-2)10-5-4-9(13)7-11(10)14/h4-5,7-8,12,16H,3,6,15H2,1-2H3. The van der Waals surface area contributed by atoms with E-state index in [2.05, 4.69) is 5.32 Å². The van der Waals surface area contributed by atoms with Crippen molar-refractivity contribution in [3.8, 4) is 0 Å². The third kappa shape index (κ3) is 3.54. The summed E-state index contributed by atoms with van der Waals surface area (Å²) >= 11 is 0. The first-order valence-electron chi connectivity index (χ1n) is 5.42. The fourth-order valence-electron chi connectivity index (χ4n) is 1.67. The predicted octanol–water partition coefficient (Wildman–Crippen LogP) is 2.35. The maximum atomic E-state index is 13.5. The summed E-state index contributed by atoms with van der Waals surface area (Å²) in [6, 6.07) is 3.62. The van der Waals surface area contributed by atoms with Gasteiger partial charge >= 0.3 is 0 Å². The Balaban J connectivity index is 2.78. The van der Waals surface area contributed by atoms with Crippen LogP contribution in [-0.2, 0) is 0 Å². The van der Waals surface area contributed by atoms with Crippen molar-refractivity contribution in [1.82, 2.24) is 5.32 Å². The molecule has 0 aliphatic heterocycles. The average Bonchev–Trinajstić information content (AvgIpc) is 2.21. The zero-order valence-corrected chi connectivity index (χ0v) is 9.63. The Morgan fingerprint density at radius 1 is 1.31 bits per heavy atom. The summed E-state index contributed by atoms with van der Waals surface area (Å²) in [6.07, 6.45) is 1.53. The quantitative estimate of drug-likeness (QED) is 0.812. The van der Waals surface area contributed by atoms with Crippen molar-refractivity contribution in [3.63, 3.8) is 0 Å². The van der Waals surface area contributed by atoms with Crippen LogP contribution in [0.25, 0.3) is 0 Å². The summed E-state index contributed by atoms with van der Waals surface area (Å²) in [5.74, 6) is -1.06. The number of rotatable bonds is 5. The molecule has 2 nitrogen and oxygen atoms in total. The van der Waals surface area contributed by atoms with Crippen LogP contribution in [0.1, 0.15) is 31.4 Å². The van der Waals surface area contributed by atoms with Gasteiger partial charge in [0.2, 0.25) is 0 Å². The first-order chi connectivity index (χ1) is 7.54. The minimum atomic E-state index is -0.553. The number of halogens is 2. The molecule has 1 aromatic carbocycles. The van der Waals surface area contributed by atoms with Crippen LogP contribution in [0.15, 0.2) is 18.2 Å². The van der Waals surface area contributed by atoms with Crippen molar-refractivity contribution in [3.05, 3.63) is 35.4 Å². The molecule has 0 aliphatic carbocycles. The SMILES string of the molecule is CNC(CCC(C)N)c1ccc(F)cc1F. The number of nitrogens with two attached hydrogens (primary N) is 1. The molecular formula is C12H18F2N2. The molecule has 2 atom stereocenters. The first-order valence-corrected chi connectivity index (χ1v) is 5.42. The van der Waals surface area contributed by atoms with Crippen LogP contribution >= 0.6 is 0 Å². The second-order valence-corrected chi connectivity index (χ2v) is 4.06. The molecule has 0 aliphatic rings. The highest BCUT2D eigenvalue weighted by Crippen LogP contribution is 2.22. The molecular weight excluding hydrogens is 210 g/mol. The smallest absolute Gasteiger partial charge is 0.130 e. The molecule has 4 heteroatoms. The van der Waals surface area contributed by atoms with E-state index in [0.29, 0.717) is 5.56 Å². The molecule has 0 fully saturated rings. The van der Waals surface area contributed by atoms with Gasteiger partial charge in [0, 0.05) is 23.7 Å². The van der Waals surface area contributed by atoms with Crippen molar-refractivity contribution in [2.75, 3.05) is 7.05 Å². The van der Waals surface area contributed by atoms with Gasteiger partial charge in [0.15, 0.2) is 0 Å². The number of hydrogen-bond acceptors (Lipinski definition) is 2. The maximum Gasteiger partial charge on any atom is 0.130 e. The van der Waals surface area contributed by atoms with Crippen molar-refractivity contribution >= 4 is 0 Å². The third-order valence-corrected chi connectivity index (χ3v) is 2.60. The molecule has 90 valence electrons. The third-order valence-electron chi connectivity index (χ3n) is 2.60. The van der Waals surface area contributed by atoms with E-state index in [1.807, 2.05) is 6.92 Å². The molecule has 0 aromatic heterocycles. The molecule has 0 saturated heterocycles. The number of hydrogen-bond donors (Lipinski definition) is 2. The molecule has 2 unspecified atom stereocenters. The van der Waals surface area contributed by atoms with Crippen LogP contribution in [0.2, 0.25) is 0 Å². The minimum absolute atomic E-state index is 0.0827.